The Hall–Kier alpha value is -2.21. The second-order valence-corrected chi connectivity index (χ2v) is 5.17. The Kier molecular flexibility index (Phi) is 4.37. The highest BCUT2D eigenvalue weighted by atomic mass is 16.5. The Morgan fingerprint density at radius 1 is 1.43 bits per heavy atom. The lowest BCUT2D eigenvalue weighted by Crippen LogP contribution is -2.48. The van der Waals surface area contributed by atoms with Crippen LogP contribution in [0.1, 0.15) is 31.7 Å². The van der Waals surface area contributed by atoms with Gasteiger partial charge in [-0.2, -0.15) is 4.98 Å². The molecule has 6 nitrogen and oxygen atoms in total. The number of aryl methyl sites for hydroxylation is 1. The normalized spacial score (nSPS) is 13.9. The third kappa shape index (κ3) is 3.28. The molecule has 1 aromatic heterocycles. The fourth-order valence-corrected chi connectivity index (χ4v) is 1.88. The van der Waals surface area contributed by atoms with Crippen molar-refractivity contribution in [2.75, 3.05) is 0 Å². The van der Waals surface area contributed by atoms with Gasteiger partial charge in [-0.15, -0.1) is 0 Å². The van der Waals surface area contributed by atoms with Crippen LogP contribution in [0.15, 0.2) is 28.8 Å². The number of aliphatic carboxylic acids is 1. The van der Waals surface area contributed by atoms with Crippen LogP contribution in [0.2, 0.25) is 0 Å². The smallest absolute Gasteiger partial charge is 0.323 e. The first-order chi connectivity index (χ1) is 9.96. The summed E-state index contributed by atoms with van der Waals surface area (Å²) < 4.78 is 5.18. The minimum atomic E-state index is -1.00. The molecule has 0 radical (unpaired) electrons. The topological polar surface area (TPSA) is 88.3 Å². The highest BCUT2D eigenvalue weighted by Crippen LogP contribution is 2.20. The van der Waals surface area contributed by atoms with E-state index in [0.717, 1.165) is 11.1 Å². The third-order valence-corrected chi connectivity index (χ3v) is 3.66. The molecule has 2 rings (SSSR count). The van der Waals surface area contributed by atoms with Crippen LogP contribution in [0, 0.1) is 6.92 Å². The SMILES string of the molecule is CCC(C)(NCc1nc(-c2ccccc2C)no1)C(=O)O. The average Bonchev–Trinajstić information content (AvgIpc) is 2.93. The predicted molar refractivity (Wildman–Crippen MR) is 77.6 cm³/mol. The van der Waals surface area contributed by atoms with E-state index in [4.69, 9.17) is 4.52 Å². The molecular formula is C15H19N3O3. The summed E-state index contributed by atoms with van der Waals surface area (Å²) in [6.45, 7) is 5.64. The van der Waals surface area contributed by atoms with Gasteiger partial charge in [0.2, 0.25) is 11.7 Å². The number of hydrogen-bond donors (Lipinski definition) is 2. The van der Waals surface area contributed by atoms with Crippen LogP contribution in [0.5, 0.6) is 0 Å². The molecule has 0 aliphatic rings. The summed E-state index contributed by atoms with van der Waals surface area (Å²) in [6, 6.07) is 7.75. The van der Waals surface area contributed by atoms with Crippen LogP contribution >= 0.6 is 0 Å². The Morgan fingerprint density at radius 2 is 2.14 bits per heavy atom. The van der Waals surface area contributed by atoms with Crippen molar-refractivity contribution in [3.05, 3.63) is 35.7 Å². The molecule has 0 bridgehead atoms. The molecule has 0 aliphatic carbocycles. The number of hydrogen-bond acceptors (Lipinski definition) is 5. The minimum Gasteiger partial charge on any atom is -0.480 e. The number of nitrogens with zero attached hydrogens (tertiary/aromatic N) is 2. The van der Waals surface area contributed by atoms with Gasteiger partial charge in [-0.25, -0.2) is 0 Å². The van der Waals surface area contributed by atoms with E-state index in [1.807, 2.05) is 38.1 Å². The molecule has 0 aliphatic heterocycles. The van der Waals surface area contributed by atoms with Crippen molar-refractivity contribution < 1.29 is 14.4 Å². The lowest BCUT2D eigenvalue weighted by Gasteiger charge is -2.23. The fourth-order valence-electron chi connectivity index (χ4n) is 1.88. The van der Waals surface area contributed by atoms with Gasteiger partial charge in [-0.3, -0.25) is 10.1 Å². The molecule has 0 saturated carbocycles. The van der Waals surface area contributed by atoms with Crippen molar-refractivity contribution in [2.45, 2.75) is 39.3 Å². The standard InChI is InChI=1S/C15H19N3O3/c1-4-15(3,14(19)20)16-9-12-17-13(18-21-12)11-8-6-5-7-10(11)2/h5-8,16H,4,9H2,1-3H3,(H,19,20). The zero-order chi connectivity index (χ0) is 15.5. The summed E-state index contributed by atoms with van der Waals surface area (Å²) in [5, 5.41) is 16.1. The average molecular weight is 289 g/mol. The van der Waals surface area contributed by atoms with Crippen LogP contribution in [0.3, 0.4) is 0 Å². The number of nitrogens with one attached hydrogen (secondary N) is 1. The molecule has 2 aromatic rings. The van der Waals surface area contributed by atoms with E-state index < -0.39 is 11.5 Å². The number of benzene rings is 1. The molecule has 1 heterocycles. The first-order valence-electron chi connectivity index (χ1n) is 6.83. The van der Waals surface area contributed by atoms with Crippen LogP contribution in [0.4, 0.5) is 0 Å². The molecule has 1 unspecified atom stereocenters. The summed E-state index contributed by atoms with van der Waals surface area (Å²) in [5.74, 6) is -0.0174. The van der Waals surface area contributed by atoms with Crippen molar-refractivity contribution in [2.24, 2.45) is 0 Å². The van der Waals surface area contributed by atoms with Gasteiger partial charge in [0.25, 0.3) is 0 Å². The maximum absolute atomic E-state index is 11.2. The van der Waals surface area contributed by atoms with Gasteiger partial charge < -0.3 is 9.63 Å². The maximum atomic E-state index is 11.2. The summed E-state index contributed by atoms with van der Waals surface area (Å²) >= 11 is 0. The monoisotopic (exact) mass is 289 g/mol. The molecule has 0 amide bonds. The van der Waals surface area contributed by atoms with Crippen molar-refractivity contribution in [3.8, 4) is 11.4 Å². The van der Waals surface area contributed by atoms with Gasteiger partial charge in [0, 0.05) is 5.56 Å². The minimum absolute atomic E-state index is 0.218. The molecule has 1 aromatic carbocycles. The molecule has 0 spiro atoms. The highest BCUT2D eigenvalue weighted by molar-refractivity contribution is 5.78. The maximum Gasteiger partial charge on any atom is 0.323 e. The lowest BCUT2D eigenvalue weighted by atomic mass is 9.99. The van der Waals surface area contributed by atoms with Crippen LogP contribution in [-0.4, -0.2) is 26.8 Å². The number of aromatic nitrogens is 2. The molecule has 21 heavy (non-hydrogen) atoms. The van der Waals surface area contributed by atoms with E-state index in [0.29, 0.717) is 18.1 Å². The van der Waals surface area contributed by atoms with Crippen molar-refractivity contribution in [1.82, 2.24) is 15.5 Å². The number of carbonyl (C=O) groups is 1. The third-order valence-electron chi connectivity index (χ3n) is 3.66. The van der Waals surface area contributed by atoms with Gasteiger partial charge in [0.1, 0.15) is 5.54 Å². The quantitative estimate of drug-likeness (QED) is 0.849. The van der Waals surface area contributed by atoms with Gasteiger partial charge in [-0.05, 0) is 25.8 Å². The molecule has 1 atom stereocenters. The van der Waals surface area contributed by atoms with Crippen molar-refractivity contribution >= 4 is 5.97 Å². The summed E-state index contributed by atoms with van der Waals surface area (Å²) in [7, 11) is 0. The molecule has 0 fully saturated rings. The molecule has 6 heteroatoms. The van der Waals surface area contributed by atoms with Crippen LogP contribution in [0.25, 0.3) is 11.4 Å². The van der Waals surface area contributed by atoms with Crippen molar-refractivity contribution in [1.29, 1.82) is 0 Å². The first kappa shape index (κ1) is 15.2. The van der Waals surface area contributed by atoms with E-state index in [2.05, 4.69) is 15.5 Å². The summed E-state index contributed by atoms with van der Waals surface area (Å²) in [4.78, 5) is 15.5. The fraction of sp³-hybridized carbons (Fsp3) is 0.400. The second-order valence-electron chi connectivity index (χ2n) is 5.17. The van der Waals surface area contributed by atoms with E-state index in [1.165, 1.54) is 0 Å². The Labute approximate surface area is 123 Å². The zero-order valence-electron chi connectivity index (χ0n) is 12.4. The number of carboxylic acids is 1. The molecule has 0 saturated heterocycles. The summed E-state index contributed by atoms with van der Waals surface area (Å²) in [5.41, 5.74) is 0.961. The van der Waals surface area contributed by atoms with Gasteiger partial charge >= 0.3 is 5.97 Å². The Balaban J connectivity index is 2.11. The van der Waals surface area contributed by atoms with Crippen LogP contribution in [-0.2, 0) is 11.3 Å². The van der Waals surface area contributed by atoms with E-state index in [-0.39, 0.29) is 6.54 Å². The zero-order valence-corrected chi connectivity index (χ0v) is 12.4. The van der Waals surface area contributed by atoms with Crippen molar-refractivity contribution in [3.63, 3.8) is 0 Å². The van der Waals surface area contributed by atoms with Crippen LogP contribution < -0.4 is 5.32 Å². The Morgan fingerprint density at radius 3 is 2.76 bits per heavy atom. The summed E-state index contributed by atoms with van der Waals surface area (Å²) in [6.07, 6.45) is 0.459. The second kappa shape index (κ2) is 6.05. The van der Waals surface area contributed by atoms with E-state index in [9.17, 15) is 9.90 Å². The molecular weight excluding hydrogens is 270 g/mol. The van der Waals surface area contributed by atoms with Gasteiger partial charge in [-0.1, -0.05) is 36.3 Å². The molecule has 2 N–H and O–H groups in total. The predicted octanol–water partition coefficient (Wildman–Crippen LogP) is 2.39. The number of rotatable bonds is 6. The first-order valence-corrected chi connectivity index (χ1v) is 6.83. The van der Waals surface area contributed by atoms with E-state index >= 15 is 0 Å². The molecule has 112 valence electrons. The van der Waals surface area contributed by atoms with Gasteiger partial charge in [0.15, 0.2) is 0 Å². The Bertz CT molecular complexity index is 639. The van der Waals surface area contributed by atoms with E-state index in [1.54, 1.807) is 6.92 Å². The largest absolute Gasteiger partial charge is 0.480 e. The number of carboxylic acid groups (broad SMARTS) is 1. The highest BCUT2D eigenvalue weighted by Gasteiger charge is 2.30. The van der Waals surface area contributed by atoms with Gasteiger partial charge in [0.05, 0.1) is 6.54 Å². The lowest BCUT2D eigenvalue weighted by molar-refractivity contribution is -0.144.